The molecule has 2 unspecified atom stereocenters. The minimum atomic E-state index is -3.10. The summed E-state index contributed by atoms with van der Waals surface area (Å²) in [6.07, 6.45) is 2.36. The molecule has 5 nitrogen and oxygen atoms in total. The summed E-state index contributed by atoms with van der Waals surface area (Å²) in [7, 11) is -3.10. The Labute approximate surface area is 111 Å². The third-order valence-corrected chi connectivity index (χ3v) is 5.97. The summed E-state index contributed by atoms with van der Waals surface area (Å²) in [5.41, 5.74) is 0. The number of nitrogens with zero attached hydrogens (tertiary/aromatic N) is 2. The second-order valence-electron chi connectivity index (χ2n) is 5.38. The van der Waals surface area contributed by atoms with Crippen molar-refractivity contribution < 1.29 is 8.42 Å². The fourth-order valence-corrected chi connectivity index (χ4v) is 4.69. The lowest BCUT2D eigenvalue weighted by Crippen LogP contribution is -2.57. The second-order valence-corrected chi connectivity index (χ2v) is 7.42. The minimum absolute atomic E-state index is 0.117. The summed E-state index contributed by atoms with van der Waals surface area (Å²) in [6, 6.07) is 0.570. The van der Waals surface area contributed by atoms with Gasteiger partial charge in [-0.05, 0) is 32.9 Å². The van der Waals surface area contributed by atoms with Crippen molar-refractivity contribution in [2.75, 3.05) is 38.5 Å². The largest absolute Gasteiger partial charge is 0.316 e. The van der Waals surface area contributed by atoms with Gasteiger partial charge in [-0.3, -0.25) is 4.90 Å². The van der Waals surface area contributed by atoms with Gasteiger partial charge in [-0.2, -0.15) is 4.31 Å². The van der Waals surface area contributed by atoms with E-state index in [9.17, 15) is 8.42 Å². The molecule has 2 heterocycles. The molecule has 0 aromatic rings. The monoisotopic (exact) mass is 275 g/mol. The lowest BCUT2D eigenvalue weighted by Gasteiger charge is -2.41. The summed E-state index contributed by atoms with van der Waals surface area (Å²) >= 11 is 0. The van der Waals surface area contributed by atoms with Crippen LogP contribution in [-0.4, -0.2) is 68.2 Å². The molecule has 0 aliphatic carbocycles. The Morgan fingerprint density at radius 3 is 2.83 bits per heavy atom. The van der Waals surface area contributed by atoms with Gasteiger partial charge in [0.25, 0.3) is 0 Å². The molecule has 0 amide bonds. The Kier molecular flexibility index (Phi) is 4.64. The van der Waals surface area contributed by atoms with Crippen LogP contribution in [0.15, 0.2) is 0 Å². The molecule has 6 heteroatoms. The van der Waals surface area contributed by atoms with Crippen LogP contribution in [0.4, 0.5) is 0 Å². The van der Waals surface area contributed by atoms with Crippen molar-refractivity contribution in [3.8, 4) is 0 Å². The number of piperazine rings is 1. The van der Waals surface area contributed by atoms with E-state index in [0.29, 0.717) is 19.1 Å². The van der Waals surface area contributed by atoms with Crippen LogP contribution in [0.2, 0.25) is 0 Å². The highest BCUT2D eigenvalue weighted by Gasteiger charge is 2.39. The van der Waals surface area contributed by atoms with Crippen molar-refractivity contribution in [1.82, 2.24) is 14.5 Å². The van der Waals surface area contributed by atoms with Crippen LogP contribution in [0, 0.1) is 0 Å². The van der Waals surface area contributed by atoms with Gasteiger partial charge < -0.3 is 5.32 Å². The van der Waals surface area contributed by atoms with E-state index in [1.165, 1.54) is 6.42 Å². The average molecular weight is 275 g/mol. The van der Waals surface area contributed by atoms with Crippen molar-refractivity contribution >= 4 is 10.0 Å². The lowest BCUT2D eigenvalue weighted by atomic mass is 10.1. The maximum Gasteiger partial charge on any atom is 0.215 e. The van der Waals surface area contributed by atoms with Crippen molar-refractivity contribution in [2.45, 2.75) is 38.8 Å². The van der Waals surface area contributed by atoms with Crippen molar-refractivity contribution in [3.63, 3.8) is 0 Å². The molecule has 0 bridgehead atoms. The van der Waals surface area contributed by atoms with Gasteiger partial charge in [0, 0.05) is 31.7 Å². The van der Waals surface area contributed by atoms with Gasteiger partial charge in [-0.15, -0.1) is 0 Å². The Balaban J connectivity index is 1.98. The van der Waals surface area contributed by atoms with E-state index in [4.69, 9.17) is 0 Å². The molecule has 0 aromatic heterocycles. The summed E-state index contributed by atoms with van der Waals surface area (Å²) in [5, 5.41) is 3.09. The number of nitrogens with one attached hydrogen (secondary N) is 1. The highest BCUT2D eigenvalue weighted by Crippen LogP contribution is 2.26. The van der Waals surface area contributed by atoms with Crippen LogP contribution in [0.1, 0.15) is 26.7 Å². The van der Waals surface area contributed by atoms with Crippen LogP contribution in [0.3, 0.4) is 0 Å². The summed E-state index contributed by atoms with van der Waals surface area (Å²) in [6.45, 7) is 8.12. The maximum absolute atomic E-state index is 12.3. The highest BCUT2D eigenvalue weighted by molar-refractivity contribution is 7.89. The van der Waals surface area contributed by atoms with Gasteiger partial charge >= 0.3 is 0 Å². The van der Waals surface area contributed by atoms with Crippen molar-refractivity contribution in [3.05, 3.63) is 0 Å². The van der Waals surface area contributed by atoms with Crippen LogP contribution in [0.25, 0.3) is 0 Å². The molecule has 2 aliphatic heterocycles. The number of rotatable bonds is 5. The minimum Gasteiger partial charge on any atom is -0.316 e. The number of hydrogen-bond donors (Lipinski definition) is 1. The Bertz CT molecular complexity index is 372. The molecule has 0 saturated carbocycles. The van der Waals surface area contributed by atoms with Gasteiger partial charge in [0.2, 0.25) is 10.0 Å². The average Bonchev–Trinajstić information content (AvgIpc) is 2.75. The summed E-state index contributed by atoms with van der Waals surface area (Å²) in [4.78, 5) is 2.45. The molecule has 0 radical (unpaired) electrons. The molecule has 1 N–H and O–H groups in total. The Morgan fingerprint density at radius 2 is 2.11 bits per heavy atom. The fourth-order valence-electron chi connectivity index (χ4n) is 3.04. The zero-order valence-electron chi connectivity index (χ0n) is 11.4. The first-order chi connectivity index (χ1) is 8.54. The van der Waals surface area contributed by atoms with Crippen molar-refractivity contribution in [2.24, 2.45) is 0 Å². The molecular formula is C12H25N3O2S. The third-order valence-electron chi connectivity index (χ3n) is 4.02. The van der Waals surface area contributed by atoms with Gasteiger partial charge in [0.1, 0.15) is 0 Å². The zero-order chi connectivity index (χ0) is 13.2. The van der Waals surface area contributed by atoms with Crippen molar-refractivity contribution in [1.29, 1.82) is 0 Å². The van der Waals surface area contributed by atoms with E-state index >= 15 is 0 Å². The number of sulfonamides is 1. The van der Waals surface area contributed by atoms with Crippen LogP contribution in [-0.2, 0) is 10.0 Å². The van der Waals surface area contributed by atoms with Crippen LogP contribution >= 0.6 is 0 Å². The van der Waals surface area contributed by atoms with Gasteiger partial charge in [-0.1, -0.05) is 6.92 Å². The number of hydrogen-bond acceptors (Lipinski definition) is 4. The van der Waals surface area contributed by atoms with E-state index < -0.39 is 10.0 Å². The summed E-state index contributed by atoms with van der Waals surface area (Å²) in [5.74, 6) is 0.220. The molecule has 0 aromatic carbocycles. The van der Waals surface area contributed by atoms with Crippen LogP contribution in [0.5, 0.6) is 0 Å². The molecule has 2 atom stereocenters. The quantitative estimate of drug-likeness (QED) is 0.723. The lowest BCUT2D eigenvalue weighted by molar-refractivity contribution is 0.117. The summed E-state index contributed by atoms with van der Waals surface area (Å²) < 4.78 is 26.4. The second kappa shape index (κ2) is 5.86. The molecule has 2 saturated heterocycles. The van der Waals surface area contributed by atoms with Gasteiger partial charge in [0.05, 0.1) is 5.75 Å². The first-order valence-corrected chi connectivity index (χ1v) is 8.60. The normalized spacial score (nSPS) is 30.6. The molecule has 2 fully saturated rings. The molecule has 18 heavy (non-hydrogen) atoms. The molecule has 0 spiro atoms. The highest BCUT2D eigenvalue weighted by atomic mass is 32.2. The molecular weight excluding hydrogens is 250 g/mol. The molecule has 2 aliphatic rings. The predicted octanol–water partition coefficient (Wildman–Crippen LogP) is 0.0942. The Hall–Kier alpha value is -0.170. The maximum atomic E-state index is 12.3. The van der Waals surface area contributed by atoms with E-state index in [2.05, 4.69) is 10.2 Å². The topological polar surface area (TPSA) is 52.7 Å². The zero-order valence-corrected chi connectivity index (χ0v) is 12.2. The molecule has 2 rings (SSSR count). The first-order valence-electron chi connectivity index (χ1n) is 6.99. The van der Waals surface area contributed by atoms with Gasteiger partial charge in [0.15, 0.2) is 0 Å². The Morgan fingerprint density at radius 1 is 1.33 bits per heavy atom. The third kappa shape index (κ3) is 3.04. The van der Waals surface area contributed by atoms with E-state index in [1.807, 2.05) is 13.8 Å². The van der Waals surface area contributed by atoms with Gasteiger partial charge in [-0.25, -0.2) is 8.42 Å². The van der Waals surface area contributed by atoms with Crippen LogP contribution < -0.4 is 5.32 Å². The fraction of sp³-hybridized carbons (Fsp3) is 1.00. The molecule has 106 valence electrons. The van der Waals surface area contributed by atoms with E-state index in [-0.39, 0.29) is 11.8 Å². The van der Waals surface area contributed by atoms with E-state index in [0.717, 1.165) is 26.1 Å². The van der Waals surface area contributed by atoms with E-state index in [1.54, 1.807) is 4.31 Å². The number of fused-ring (bicyclic) bond motifs is 1. The SMILES string of the molecule is CCNCCS(=O)(=O)N1CC2CCCN2CC1C. The first kappa shape index (κ1) is 14.2. The smallest absolute Gasteiger partial charge is 0.215 e. The standard InChI is InChI=1S/C12H25N3O2S/c1-3-13-6-8-18(16,17)15-10-12-5-4-7-14(12)9-11(15)2/h11-13H,3-10H2,1-2H3. The predicted molar refractivity (Wildman–Crippen MR) is 73.1 cm³/mol.